The highest BCUT2D eigenvalue weighted by Crippen LogP contribution is 2.21. The molecule has 1 N–H and O–H groups in total. The third kappa shape index (κ3) is 5.49. The maximum atomic E-state index is 12.1. The van der Waals surface area contributed by atoms with Crippen molar-refractivity contribution in [1.29, 1.82) is 0 Å². The van der Waals surface area contributed by atoms with Crippen LogP contribution in [-0.2, 0) is 10.5 Å². The molecule has 122 valence electrons. The molecule has 1 saturated heterocycles. The van der Waals surface area contributed by atoms with Gasteiger partial charge < -0.3 is 5.32 Å². The van der Waals surface area contributed by atoms with Gasteiger partial charge in [0.15, 0.2) is 0 Å². The van der Waals surface area contributed by atoms with Crippen LogP contribution in [0.1, 0.15) is 31.2 Å². The van der Waals surface area contributed by atoms with Gasteiger partial charge in [0.2, 0.25) is 5.91 Å². The van der Waals surface area contributed by atoms with E-state index in [-0.39, 0.29) is 11.9 Å². The minimum absolute atomic E-state index is 0.0736. The van der Waals surface area contributed by atoms with Gasteiger partial charge in [-0.25, -0.2) is 0 Å². The smallest absolute Gasteiger partial charge is 0.237 e. The summed E-state index contributed by atoms with van der Waals surface area (Å²) in [6.07, 6.45) is 4.36. The van der Waals surface area contributed by atoms with E-state index in [4.69, 9.17) is 11.6 Å². The number of benzene rings is 1. The fourth-order valence-corrected chi connectivity index (χ4v) is 3.95. The summed E-state index contributed by atoms with van der Waals surface area (Å²) in [6, 6.07) is 8.04. The van der Waals surface area contributed by atoms with Gasteiger partial charge in [0.05, 0.1) is 6.04 Å². The number of rotatable bonds is 7. The number of carbonyl (C=O) groups is 1. The van der Waals surface area contributed by atoms with Gasteiger partial charge in [-0.2, -0.15) is 11.8 Å². The number of thioether (sulfide) groups is 1. The standard InChI is InChI=1S/C17H25ClN2OS/c1-20-11-5-4-9-16(20)17(21)19-10-6-12-22-13-14-7-2-3-8-15(14)18/h2-3,7-8,16H,4-6,9-13H2,1H3,(H,19,21)/t16-/m1/s1. The van der Waals surface area contributed by atoms with E-state index in [9.17, 15) is 4.79 Å². The summed E-state index contributed by atoms with van der Waals surface area (Å²) in [7, 11) is 2.04. The molecule has 22 heavy (non-hydrogen) atoms. The van der Waals surface area contributed by atoms with Gasteiger partial charge in [-0.05, 0) is 50.2 Å². The molecule has 0 saturated carbocycles. The minimum Gasteiger partial charge on any atom is -0.355 e. The summed E-state index contributed by atoms with van der Waals surface area (Å²) in [5.41, 5.74) is 1.18. The molecule has 2 rings (SSSR count). The molecule has 1 atom stereocenters. The van der Waals surface area contributed by atoms with Crippen molar-refractivity contribution in [3.8, 4) is 0 Å². The zero-order valence-corrected chi connectivity index (χ0v) is 14.8. The van der Waals surface area contributed by atoms with Crippen molar-refractivity contribution in [2.75, 3.05) is 25.9 Å². The summed E-state index contributed by atoms with van der Waals surface area (Å²) < 4.78 is 0. The lowest BCUT2D eigenvalue weighted by Crippen LogP contribution is -2.47. The van der Waals surface area contributed by atoms with E-state index in [2.05, 4.69) is 16.3 Å². The topological polar surface area (TPSA) is 32.3 Å². The lowest BCUT2D eigenvalue weighted by atomic mass is 10.0. The predicted octanol–water partition coefficient (Wildman–Crippen LogP) is 3.56. The first-order chi connectivity index (χ1) is 10.7. The van der Waals surface area contributed by atoms with Crippen LogP contribution in [0.2, 0.25) is 5.02 Å². The number of nitrogens with zero attached hydrogens (tertiary/aromatic N) is 1. The Kier molecular flexibility index (Phi) is 7.56. The second-order valence-corrected chi connectivity index (χ2v) is 7.29. The quantitative estimate of drug-likeness (QED) is 0.770. The third-order valence-electron chi connectivity index (χ3n) is 4.05. The molecule has 0 aromatic heterocycles. The zero-order chi connectivity index (χ0) is 15.8. The van der Waals surface area contributed by atoms with Crippen LogP contribution in [0, 0.1) is 0 Å². The Morgan fingerprint density at radius 2 is 2.23 bits per heavy atom. The number of carbonyl (C=O) groups excluding carboxylic acids is 1. The molecule has 1 amide bonds. The lowest BCUT2D eigenvalue weighted by molar-refractivity contribution is -0.126. The Labute approximate surface area is 142 Å². The Morgan fingerprint density at radius 1 is 1.41 bits per heavy atom. The molecule has 0 unspecified atom stereocenters. The van der Waals surface area contributed by atoms with Crippen molar-refractivity contribution in [1.82, 2.24) is 10.2 Å². The molecule has 1 aliphatic rings. The lowest BCUT2D eigenvalue weighted by Gasteiger charge is -2.31. The van der Waals surface area contributed by atoms with Gasteiger partial charge in [0.1, 0.15) is 0 Å². The van der Waals surface area contributed by atoms with Crippen LogP contribution in [0.25, 0.3) is 0 Å². The van der Waals surface area contributed by atoms with Gasteiger partial charge >= 0.3 is 0 Å². The molecule has 1 heterocycles. The Hall–Kier alpha value is -0.710. The average molecular weight is 341 g/mol. The monoisotopic (exact) mass is 340 g/mol. The van der Waals surface area contributed by atoms with Gasteiger partial charge in [0.25, 0.3) is 0 Å². The first-order valence-corrected chi connectivity index (χ1v) is 9.51. The number of amides is 1. The molecule has 0 radical (unpaired) electrons. The molecule has 0 spiro atoms. The molecule has 3 nitrogen and oxygen atoms in total. The second-order valence-electron chi connectivity index (χ2n) is 5.78. The average Bonchev–Trinajstić information content (AvgIpc) is 2.52. The molecule has 1 aliphatic heterocycles. The van der Waals surface area contributed by atoms with Crippen LogP contribution in [-0.4, -0.2) is 42.7 Å². The highest BCUT2D eigenvalue weighted by atomic mass is 35.5. The van der Waals surface area contributed by atoms with Gasteiger partial charge in [-0.3, -0.25) is 9.69 Å². The normalized spacial score (nSPS) is 19.1. The second kappa shape index (κ2) is 9.43. The van der Waals surface area contributed by atoms with Crippen molar-refractivity contribution in [3.05, 3.63) is 34.9 Å². The van der Waals surface area contributed by atoms with E-state index >= 15 is 0 Å². The van der Waals surface area contributed by atoms with Crippen molar-refractivity contribution >= 4 is 29.3 Å². The zero-order valence-electron chi connectivity index (χ0n) is 13.2. The molecular weight excluding hydrogens is 316 g/mol. The summed E-state index contributed by atoms with van der Waals surface area (Å²) in [5.74, 6) is 2.16. The van der Waals surface area contributed by atoms with Crippen molar-refractivity contribution < 1.29 is 4.79 Å². The summed E-state index contributed by atoms with van der Waals surface area (Å²) in [4.78, 5) is 14.3. The van der Waals surface area contributed by atoms with Crippen LogP contribution >= 0.6 is 23.4 Å². The predicted molar refractivity (Wildman–Crippen MR) is 95.5 cm³/mol. The van der Waals surface area contributed by atoms with Crippen LogP contribution in [0.3, 0.4) is 0 Å². The van der Waals surface area contributed by atoms with E-state index in [0.717, 1.165) is 48.9 Å². The van der Waals surface area contributed by atoms with Gasteiger partial charge in [0, 0.05) is 17.3 Å². The summed E-state index contributed by atoms with van der Waals surface area (Å²) in [5, 5.41) is 3.91. The van der Waals surface area contributed by atoms with E-state index in [1.54, 1.807) is 0 Å². The number of piperidine rings is 1. The maximum Gasteiger partial charge on any atom is 0.237 e. The van der Waals surface area contributed by atoms with Crippen molar-refractivity contribution in [3.63, 3.8) is 0 Å². The number of hydrogen-bond acceptors (Lipinski definition) is 3. The van der Waals surface area contributed by atoms with E-state index in [0.29, 0.717) is 0 Å². The van der Waals surface area contributed by atoms with E-state index in [1.165, 1.54) is 12.0 Å². The fourth-order valence-electron chi connectivity index (χ4n) is 2.71. The molecule has 5 heteroatoms. The molecule has 1 aromatic rings. The third-order valence-corrected chi connectivity index (χ3v) is 5.51. The van der Waals surface area contributed by atoms with Crippen LogP contribution in [0.5, 0.6) is 0 Å². The first kappa shape index (κ1) is 17.6. The first-order valence-electron chi connectivity index (χ1n) is 7.97. The summed E-state index contributed by atoms with van der Waals surface area (Å²) >= 11 is 7.99. The fraction of sp³-hybridized carbons (Fsp3) is 0.588. The number of likely N-dealkylation sites (N-methyl/N-ethyl adjacent to an activating group) is 1. The van der Waals surface area contributed by atoms with E-state index in [1.807, 2.05) is 37.0 Å². The van der Waals surface area contributed by atoms with Crippen molar-refractivity contribution in [2.45, 2.75) is 37.5 Å². The number of likely N-dealkylation sites (tertiary alicyclic amines) is 1. The van der Waals surface area contributed by atoms with Crippen LogP contribution in [0.15, 0.2) is 24.3 Å². The molecular formula is C17H25ClN2OS. The number of hydrogen-bond donors (Lipinski definition) is 1. The number of halogens is 1. The maximum absolute atomic E-state index is 12.1. The Bertz CT molecular complexity index is 483. The largest absolute Gasteiger partial charge is 0.355 e. The van der Waals surface area contributed by atoms with Crippen LogP contribution in [0.4, 0.5) is 0 Å². The molecule has 0 bridgehead atoms. The molecule has 1 fully saturated rings. The highest BCUT2D eigenvalue weighted by Gasteiger charge is 2.25. The highest BCUT2D eigenvalue weighted by molar-refractivity contribution is 7.98. The van der Waals surface area contributed by atoms with Gasteiger partial charge in [-0.1, -0.05) is 36.2 Å². The minimum atomic E-state index is 0.0736. The van der Waals surface area contributed by atoms with Crippen LogP contribution < -0.4 is 5.32 Å². The Balaban J connectivity index is 1.57. The number of nitrogens with one attached hydrogen (secondary N) is 1. The summed E-state index contributed by atoms with van der Waals surface area (Å²) in [6.45, 7) is 1.80. The van der Waals surface area contributed by atoms with Gasteiger partial charge in [-0.15, -0.1) is 0 Å². The SMILES string of the molecule is CN1CCCC[C@@H]1C(=O)NCCCSCc1ccccc1Cl. The molecule has 1 aromatic carbocycles. The Morgan fingerprint density at radius 3 is 3.00 bits per heavy atom. The molecule has 0 aliphatic carbocycles. The van der Waals surface area contributed by atoms with Crippen molar-refractivity contribution in [2.24, 2.45) is 0 Å². The van der Waals surface area contributed by atoms with E-state index < -0.39 is 0 Å².